The molecule has 0 fully saturated rings. The van der Waals surface area contributed by atoms with E-state index in [4.69, 9.17) is 23.2 Å². The number of pyridine rings is 1. The van der Waals surface area contributed by atoms with Gasteiger partial charge in [0, 0.05) is 12.1 Å². The molecule has 1 aromatic heterocycles. The van der Waals surface area contributed by atoms with Gasteiger partial charge >= 0.3 is 0 Å². The van der Waals surface area contributed by atoms with Crippen LogP contribution < -0.4 is 5.32 Å². The van der Waals surface area contributed by atoms with Crippen molar-refractivity contribution in [3.05, 3.63) is 62.3 Å². The Morgan fingerprint density at radius 3 is 2.60 bits per heavy atom. The standard InChI is InChI=1S/C12H7Cl2N3O3/c13-9-6-7(17(19)20)4-5-8(9)12(18)16-11-3-1-2-10(14)15-11/h1-6H,(H,15,16,18). The van der Waals surface area contributed by atoms with Crippen LogP contribution in [0, 0.1) is 10.1 Å². The first-order valence-electron chi connectivity index (χ1n) is 5.35. The third-order valence-electron chi connectivity index (χ3n) is 2.36. The maximum absolute atomic E-state index is 12.0. The minimum Gasteiger partial charge on any atom is -0.306 e. The number of nitrogens with zero attached hydrogens (tertiary/aromatic N) is 2. The lowest BCUT2D eigenvalue weighted by molar-refractivity contribution is -0.384. The van der Waals surface area contributed by atoms with Gasteiger partial charge in [0.2, 0.25) is 0 Å². The predicted molar refractivity (Wildman–Crippen MR) is 75.3 cm³/mol. The summed E-state index contributed by atoms with van der Waals surface area (Å²) in [7, 11) is 0. The van der Waals surface area contributed by atoms with Crippen LogP contribution in [0.15, 0.2) is 36.4 Å². The number of anilines is 1. The van der Waals surface area contributed by atoms with E-state index >= 15 is 0 Å². The van der Waals surface area contributed by atoms with Gasteiger partial charge in [0.15, 0.2) is 0 Å². The number of hydrogen-bond acceptors (Lipinski definition) is 4. The molecule has 0 saturated heterocycles. The van der Waals surface area contributed by atoms with E-state index in [1.165, 1.54) is 12.1 Å². The second kappa shape index (κ2) is 5.85. The van der Waals surface area contributed by atoms with Crippen LogP contribution in [0.5, 0.6) is 0 Å². The molecule has 0 spiro atoms. The number of hydrogen-bond donors (Lipinski definition) is 1. The molecule has 0 saturated carbocycles. The molecule has 0 bridgehead atoms. The summed E-state index contributed by atoms with van der Waals surface area (Å²) in [4.78, 5) is 25.9. The van der Waals surface area contributed by atoms with Crippen molar-refractivity contribution in [3.8, 4) is 0 Å². The van der Waals surface area contributed by atoms with Crippen LogP contribution in [0.4, 0.5) is 11.5 Å². The van der Waals surface area contributed by atoms with Crippen molar-refractivity contribution in [2.75, 3.05) is 5.32 Å². The average molecular weight is 312 g/mol. The Hall–Kier alpha value is -2.18. The van der Waals surface area contributed by atoms with Crippen LogP contribution in [-0.4, -0.2) is 15.8 Å². The van der Waals surface area contributed by atoms with Crippen molar-refractivity contribution in [3.63, 3.8) is 0 Å². The molecule has 0 radical (unpaired) electrons. The highest BCUT2D eigenvalue weighted by atomic mass is 35.5. The van der Waals surface area contributed by atoms with Gasteiger partial charge in [-0.05, 0) is 18.2 Å². The van der Waals surface area contributed by atoms with E-state index in [0.29, 0.717) is 0 Å². The Bertz CT molecular complexity index is 691. The fourth-order valence-electron chi connectivity index (χ4n) is 1.46. The number of nitro benzene ring substituents is 1. The highest BCUT2D eigenvalue weighted by Gasteiger charge is 2.15. The largest absolute Gasteiger partial charge is 0.306 e. The number of halogens is 2. The fraction of sp³-hybridized carbons (Fsp3) is 0. The van der Waals surface area contributed by atoms with Gasteiger partial charge < -0.3 is 5.32 Å². The summed E-state index contributed by atoms with van der Waals surface area (Å²) in [6, 6.07) is 8.34. The van der Waals surface area contributed by atoms with Crippen molar-refractivity contribution in [1.82, 2.24) is 4.98 Å². The zero-order valence-electron chi connectivity index (χ0n) is 9.84. The van der Waals surface area contributed by atoms with E-state index in [2.05, 4.69) is 10.3 Å². The molecule has 8 heteroatoms. The molecule has 20 heavy (non-hydrogen) atoms. The Morgan fingerprint density at radius 1 is 1.25 bits per heavy atom. The van der Waals surface area contributed by atoms with Gasteiger partial charge in [0.1, 0.15) is 11.0 Å². The second-order valence-corrected chi connectivity index (χ2v) is 4.52. The molecular formula is C12H7Cl2N3O3. The van der Waals surface area contributed by atoms with Gasteiger partial charge in [0.05, 0.1) is 15.5 Å². The molecule has 0 aliphatic heterocycles. The molecule has 1 amide bonds. The Balaban J connectivity index is 2.23. The minimum atomic E-state index is -0.591. The Kier molecular flexibility index (Phi) is 4.16. The van der Waals surface area contributed by atoms with Gasteiger partial charge in [-0.3, -0.25) is 14.9 Å². The summed E-state index contributed by atoms with van der Waals surface area (Å²) >= 11 is 11.6. The number of nitrogens with one attached hydrogen (secondary N) is 1. The van der Waals surface area contributed by atoms with Crippen molar-refractivity contribution >= 4 is 40.6 Å². The van der Waals surface area contributed by atoms with Gasteiger partial charge in [-0.25, -0.2) is 4.98 Å². The van der Waals surface area contributed by atoms with Gasteiger partial charge in [0.25, 0.3) is 11.6 Å². The van der Waals surface area contributed by atoms with Crippen LogP contribution in [0.2, 0.25) is 10.2 Å². The summed E-state index contributed by atoms with van der Waals surface area (Å²) in [5.41, 5.74) is -0.0773. The summed E-state index contributed by atoms with van der Waals surface area (Å²) in [5.74, 6) is -0.267. The van der Waals surface area contributed by atoms with Crippen LogP contribution in [-0.2, 0) is 0 Å². The predicted octanol–water partition coefficient (Wildman–Crippen LogP) is 3.55. The number of carbonyl (C=O) groups excluding carboxylic acids is 1. The molecule has 0 atom stereocenters. The zero-order valence-corrected chi connectivity index (χ0v) is 11.4. The van der Waals surface area contributed by atoms with Crippen molar-refractivity contribution in [1.29, 1.82) is 0 Å². The normalized spacial score (nSPS) is 10.1. The van der Waals surface area contributed by atoms with Crippen molar-refractivity contribution < 1.29 is 9.72 Å². The Morgan fingerprint density at radius 2 is 2.00 bits per heavy atom. The zero-order chi connectivity index (χ0) is 14.7. The number of benzene rings is 1. The van der Waals surface area contributed by atoms with Crippen molar-refractivity contribution in [2.45, 2.75) is 0 Å². The summed E-state index contributed by atoms with van der Waals surface area (Å²) < 4.78 is 0. The lowest BCUT2D eigenvalue weighted by atomic mass is 10.2. The topological polar surface area (TPSA) is 85.1 Å². The van der Waals surface area contributed by atoms with Crippen LogP contribution >= 0.6 is 23.2 Å². The molecule has 102 valence electrons. The van der Waals surface area contributed by atoms with E-state index in [9.17, 15) is 14.9 Å². The van der Waals surface area contributed by atoms with Gasteiger partial charge in [-0.15, -0.1) is 0 Å². The SMILES string of the molecule is O=C(Nc1cccc(Cl)n1)c1ccc([N+](=O)[O-])cc1Cl. The molecular weight excluding hydrogens is 305 g/mol. The average Bonchev–Trinajstić information content (AvgIpc) is 2.38. The van der Waals surface area contributed by atoms with E-state index in [0.717, 1.165) is 6.07 Å². The molecule has 2 aromatic rings. The second-order valence-electron chi connectivity index (χ2n) is 3.72. The van der Waals surface area contributed by atoms with E-state index in [1.807, 2.05) is 0 Å². The lowest BCUT2D eigenvalue weighted by Crippen LogP contribution is -2.13. The summed E-state index contributed by atoms with van der Waals surface area (Å²) in [5, 5.41) is 13.3. The van der Waals surface area contributed by atoms with Crippen LogP contribution in [0.1, 0.15) is 10.4 Å². The summed E-state index contributed by atoms with van der Waals surface area (Å²) in [6.07, 6.45) is 0. The van der Waals surface area contributed by atoms with Crippen LogP contribution in [0.25, 0.3) is 0 Å². The highest BCUT2D eigenvalue weighted by molar-refractivity contribution is 6.34. The minimum absolute atomic E-state index is 0.0151. The molecule has 1 N–H and O–H groups in total. The first-order valence-corrected chi connectivity index (χ1v) is 6.11. The van der Waals surface area contributed by atoms with Gasteiger partial charge in [-0.1, -0.05) is 29.3 Å². The molecule has 6 nitrogen and oxygen atoms in total. The first-order chi connectivity index (χ1) is 9.47. The number of amides is 1. The molecule has 2 rings (SSSR count). The monoisotopic (exact) mass is 311 g/mol. The maximum Gasteiger partial charge on any atom is 0.270 e. The highest BCUT2D eigenvalue weighted by Crippen LogP contribution is 2.23. The number of aromatic nitrogens is 1. The number of non-ortho nitro benzene ring substituents is 1. The smallest absolute Gasteiger partial charge is 0.270 e. The molecule has 0 aliphatic carbocycles. The van der Waals surface area contributed by atoms with E-state index in [1.54, 1.807) is 18.2 Å². The molecule has 0 unspecified atom stereocenters. The van der Waals surface area contributed by atoms with Gasteiger partial charge in [-0.2, -0.15) is 0 Å². The van der Waals surface area contributed by atoms with E-state index in [-0.39, 0.29) is 27.2 Å². The van der Waals surface area contributed by atoms with Crippen molar-refractivity contribution in [2.24, 2.45) is 0 Å². The maximum atomic E-state index is 12.0. The first kappa shape index (κ1) is 14.2. The molecule has 0 aliphatic rings. The number of rotatable bonds is 3. The third kappa shape index (κ3) is 3.23. The molecule has 1 aromatic carbocycles. The third-order valence-corrected chi connectivity index (χ3v) is 2.89. The number of nitro groups is 1. The Labute approximate surface area is 123 Å². The number of carbonyl (C=O) groups is 1. The molecule has 1 heterocycles. The van der Waals surface area contributed by atoms with Crippen LogP contribution in [0.3, 0.4) is 0 Å². The fourth-order valence-corrected chi connectivity index (χ4v) is 1.89. The van der Waals surface area contributed by atoms with E-state index < -0.39 is 10.8 Å². The lowest BCUT2D eigenvalue weighted by Gasteiger charge is -2.06. The quantitative estimate of drug-likeness (QED) is 0.533. The summed E-state index contributed by atoms with van der Waals surface area (Å²) in [6.45, 7) is 0.